The predicted octanol–water partition coefficient (Wildman–Crippen LogP) is 3.65. The molecule has 0 aliphatic carbocycles. The third-order valence-corrected chi connectivity index (χ3v) is 4.30. The van der Waals surface area contributed by atoms with Crippen molar-refractivity contribution in [2.24, 2.45) is 5.92 Å². The Labute approximate surface area is 154 Å². The molecule has 1 saturated heterocycles. The highest BCUT2D eigenvalue weighted by Crippen LogP contribution is 2.29. The van der Waals surface area contributed by atoms with Crippen molar-refractivity contribution in [2.75, 3.05) is 24.5 Å². The summed E-state index contributed by atoms with van der Waals surface area (Å²) in [6, 6.07) is 7.11. The Morgan fingerprint density at radius 2 is 1.81 bits per heavy atom. The summed E-state index contributed by atoms with van der Waals surface area (Å²) in [5, 5.41) is 2.91. The van der Waals surface area contributed by atoms with Crippen LogP contribution in [0.2, 0.25) is 0 Å². The summed E-state index contributed by atoms with van der Waals surface area (Å²) in [5.41, 5.74) is 0.619. The van der Waals surface area contributed by atoms with Crippen molar-refractivity contribution in [3.05, 3.63) is 42.2 Å². The minimum atomic E-state index is -0.0706. The zero-order chi connectivity index (χ0) is 18.4. The molecule has 2 aromatic rings. The lowest BCUT2D eigenvalue weighted by atomic mass is 10.1. The fourth-order valence-corrected chi connectivity index (χ4v) is 2.90. The standard InChI is InChI=1S/C20H26N4O2/c1-15(2)14-23-19(25)16-6-8-17(9-7-16)26-20-18(21-10-11-22-20)24-12-4-3-5-13-24/h6-11,15H,3-5,12-14H2,1-2H3,(H,23,25). The number of nitrogens with one attached hydrogen (secondary N) is 1. The van der Waals surface area contributed by atoms with Crippen molar-refractivity contribution >= 4 is 11.7 Å². The maximum absolute atomic E-state index is 12.1. The molecule has 1 aliphatic rings. The average Bonchev–Trinajstić information content (AvgIpc) is 2.68. The molecule has 3 rings (SSSR count). The molecule has 0 spiro atoms. The Kier molecular flexibility index (Phi) is 6.04. The maximum atomic E-state index is 12.1. The molecule has 1 aliphatic heterocycles. The monoisotopic (exact) mass is 354 g/mol. The van der Waals surface area contributed by atoms with Crippen LogP contribution in [-0.4, -0.2) is 35.5 Å². The first-order valence-electron chi connectivity index (χ1n) is 9.25. The smallest absolute Gasteiger partial charge is 0.263 e. The van der Waals surface area contributed by atoms with E-state index in [0.717, 1.165) is 31.7 Å². The Hall–Kier alpha value is -2.63. The highest BCUT2D eigenvalue weighted by atomic mass is 16.5. The second kappa shape index (κ2) is 8.65. The van der Waals surface area contributed by atoms with Crippen LogP contribution in [0.25, 0.3) is 0 Å². The van der Waals surface area contributed by atoms with E-state index in [4.69, 9.17) is 4.74 Å². The largest absolute Gasteiger partial charge is 0.436 e. The molecule has 0 unspecified atom stereocenters. The van der Waals surface area contributed by atoms with E-state index in [1.165, 1.54) is 6.42 Å². The molecule has 1 fully saturated rings. The van der Waals surface area contributed by atoms with Crippen LogP contribution in [0.5, 0.6) is 11.6 Å². The van der Waals surface area contributed by atoms with Gasteiger partial charge in [-0.3, -0.25) is 4.79 Å². The van der Waals surface area contributed by atoms with Gasteiger partial charge < -0.3 is 15.0 Å². The van der Waals surface area contributed by atoms with Crippen LogP contribution in [0.4, 0.5) is 5.82 Å². The number of nitrogens with zero attached hydrogens (tertiary/aromatic N) is 3. The van der Waals surface area contributed by atoms with Gasteiger partial charge in [0.15, 0.2) is 5.82 Å². The quantitative estimate of drug-likeness (QED) is 0.858. The molecular weight excluding hydrogens is 328 g/mol. The van der Waals surface area contributed by atoms with Crippen molar-refractivity contribution in [3.8, 4) is 11.6 Å². The number of anilines is 1. The second-order valence-corrected chi connectivity index (χ2v) is 6.96. The molecule has 6 nitrogen and oxygen atoms in total. The molecule has 1 aromatic heterocycles. The van der Waals surface area contributed by atoms with Crippen LogP contribution in [-0.2, 0) is 0 Å². The molecule has 2 heterocycles. The molecule has 6 heteroatoms. The van der Waals surface area contributed by atoms with Gasteiger partial charge in [0.1, 0.15) is 5.75 Å². The van der Waals surface area contributed by atoms with Gasteiger partial charge in [-0.25, -0.2) is 9.97 Å². The summed E-state index contributed by atoms with van der Waals surface area (Å²) in [6.45, 7) is 6.75. The summed E-state index contributed by atoms with van der Waals surface area (Å²) in [7, 11) is 0. The Balaban J connectivity index is 1.69. The van der Waals surface area contributed by atoms with Gasteiger partial charge in [-0.05, 0) is 49.4 Å². The van der Waals surface area contributed by atoms with Crippen LogP contribution >= 0.6 is 0 Å². The molecule has 0 bridgehead atoms. The molecule has 0 saturated carbocycles. The lowest BCUT2D eigenvalue weighted by molar-refractivity contribution is 0.0949. The van der Waals surface area contributed by atoms with Crippen molar-refractivity contribution < 1.29 is 9.53 Å². The van der Waals surface area contributed by atoms with Crippen molar-refractivity contribution in [3.63, 3.8) is 0 Å². The number of ether oxygens (including phenoxy) is 1. The lowest BCUT2D eigenvalue weighted by Crippen LogP contribution is -2.30. The highest BCUT2D eigenvalue weighted by molar-refractivity contribution is 5.94. The van der Waals surface area contributed by atoms with Crippen LogP contribution < -0.4 is 15.0 Å². The van der Waals surface area contributed by atoms with E-state index in [1.807, 2.05) is 0 Å². The van der Waals surface area contributed by atoms with Gasteiger partial charge in [-0.15, -0.1) is 0 Å². The zero-order valence-electron chi connectivity index (χ0n) is 15.4. The Morgan fingerprint density at radius 3 is 2.50 bits per heavy atom. The van der Waals surface area contributed by atoms with Gasteiger partial charge in [0.25, 0.3) is 11.8 Å². The van der Waals surface area contributed by atoms with Gasteiger partial charge in [-0.1, -0.05) is 13.8 Å². The van der Waals surface area contributed by atoms with Crippen molar-refractivity contribution in [1.82, 2.24) is 15.3 Å². The number of carbonyl (C=O) groups is 1. The molecule has 26 heavy (non-hydrogen) atoms. The van der Waals surface area contributed by atoms with E-state index in [-0.39, 0.29) is 5.91 Å². The third-order valence-electron chi connectivity index (χ3n) is 4.30. The van der Waals surface area contributed by atoms with Gasteiger partial charge >= 0.3 is 0 Å². The molecule has 0 atom stereocenters. The number of hydrogen-bond donors (Lipinski definition) is 1. The van der Waals surface area contributed by atoms with Gasteiger partial charge in [0, 0.05) is 37.6 Å². The van der Waals surface area contributed by atoms with Crippen molar-refractivity contribution in [1.29, 1.82) is 0 Å². The number of amides is 1. The van der Waals surface area contributed by atoms with Crippen LogP contribution in [0.1, 0.15) is 43.5 Å². The number of hydrogen-bond acceptors (Lipinski definition) is 5. The van der Waals surface area contributed by atoms with Gasteiger partial charge in [0.05, 0.1) is 0 Å². The van der Waals surface area contributed by atoms with E-state index in [2.05, 4.69) is 34.0 Å². The van der Waals surface area contributed by atoms with Crippen LogP contribution in [0.3, 0.4) is 0 Å². The first-order chi connectivity index (χ1) is 12.6. The number of rotatable bonds is 6. The normalized spacial score (nSPS) is 14.3. The summed E-state index contributed by atoms with van der Waals surface area (Å²) in [4.78, 5) is 23.1. The lowest BCUT2D eigenvalue weighted by Gasteiger charge is -2.28. The first-order valence-corrected chi connectivity index (χ1v) is 9.25. The number of piperidine rings is 1. The van der Waals surface area contributed by atoms with E-state index in [1.54, 1.807) is 36.7 Å². The summed E-state index contributed by atoms with van der Waals surface area (Å²) >= 11 is 0. The average molecular weight is 354 g/mol. The van der Waals surface area contributed by atoms with E-state index in [9.17, 15) is 4.79 Å². The van der Waals surface area contributed by atoms with Crippen molar-refractivity contribution in [2.45, 2.75) is 33.1 Å². The maximum Gasteiger partial charge on any atom is 0.263 e. The molecule has 1 aromatic carbocycles. The number of aromatic nitrogens is 2. The van der Waals surface area contributed by atoms with E-state index < -0.39 is 0 Å². The van der Waals surface area contributed by atoms with Crippen LogP contribution in [0, 0.1) is 5.92 Å². The second-order valence-electron chi connectivity index (χ2n) is 6.96. The summed E-state index contributed by atoms with van der Waals surface area (Å²) in [5.74, 6) is 2.28. The van der Waals surface area contributed by atoms with Gasteiger partial charge in [-0.2, -0.15) is 0 Å². The number of benzene rings is 1. The molecule has 138 valence electrons. The highest BCUT2D eigenvalue weighted by Gasteiger charge is 2.18. The molecule has 1 amide bonds. The fourth-order valence-electron chi connectivity index (χ4n) is 2.90. The van der Waals surface area contributed by atoms with Gasteiger partial charge in [0.2, 0.25) is 0 Å². The third kappa shape index (κ3) is 4.71. The molecule has 0 radical (unpaired) electrons. The van der Waals surface area contributed by atoms with E-state index >= 15 is 0 Å². The fraction of sp³-hybridized carbons (Fsp3) is 0.450. The topological polar surface area (TPSA) is 67.3 Å². The summed E-state index contributed by atoms with van der Waals surface area (Å²) < 4.78 is 5.95. The Bertz CT molecular complexity index is 725. The minimum Gasteiger partial charge on any atom is -0.436 e. The van der Waals surface area contributed by atoms with Crippen LogP contribution in [0.15, 0.2) is 36.7 Å². The molecule has 1 N–H and O–H groups in total. The van der Waals surface area contributed by atoms with E-state index in [0.29, 0.717) is 29.7 Å². The predicted molar refractivity (Wildman–Crippen MR) is 102 cm³/mol. The first kappa shape index (κ1) is 18.2. The SMILES string of the molecule is CC(C)CNC(=O)c1ccc(Oc2nccnc2N2CCCCC2)cc1. The Morgan fingerprint density at radius 1 is 1.12 bits per heavy atom. The zero-order valence-corrected chi connectivity index (χ0v) is 15.4. The molecular formula is C20H26N4O2. The summed E-state index contributed by atoms with van der Waals surface area (Å²) in [6.07, 6.45) is 6.91. The number of carbonyl (C=O) groups excluding carboxylic acids is 1. The minimum absolute atomic E-state index is 0.0706.